The number of rotatable bonds is 3. The molecule has 0 aromatic rings. The fourth-order valence-corrected chi connectivity index (χ4v) is 3.33. The fraction of sp³-hybridized carbons (Fsp3) is 0.929. The Morgan fingerprint density at radius 3 is 3.06 bits per heavy atom. The lowest BCUT2D eigenvalue weighted by Crippen LogP contribution is -2.49. The molecule has 4 heteroatoms. The largest absolute Gasteiger partial charge is 0.393 e. The summed E-state index contributed by atoms with van der Waals surface area (Å²) in [5.74, 6) is 0.660. The molecule has 1 heterocycles. The van der Waals surface area contributed by atoms with E-state index in [1.807, 2.05) is 4.90 Å². The van der Waals surface area contributed by atoms with Gasteiger partial charge >= 0.3 is 0 Å². The third-order valence-corrected chi connectivity index (χ3v) is 4.22. The molecule has 1 saturated heterocycles. The molecular formula is C14H25NO3. The summed E-state index contributed by atoms with van der Waals surface area (Å²) in [6, 6.07) is 0.225. The van der Waals surface area contributed by atoms with Crippen LogP contribution in [0, 0.1) is 5.92 Å². The highest BCUT2D eigenvalue weighted by atomic mass is 16.5. The van der Waals surface area contributed by atoms with Crippen LogP contribution < -0.4 is 0 Å². The van der Waals surface area contributed by atoms with Gasteiger partial charge in [0.1, 0.15) is 6.61 Å². The van der Waals surface area contributed by atoms with Gasteiger partial charge in [-0.15, -0.1) is 0 Å². The van der Waals surface area contributed by atoms with Crippen molar-refractivity contribution in [1.29, 1.82) is 0 Å². The highest BCUT2D eigenvalue weighted by molar-refractivity contribution is 5.78. The predicted octanol–water partition coefficient (Wildman–Crippen LogP) is 1.56. The van der Waals surface area contributed by atoms with Gasteiger partial charge in [0.2, 0.25) is 5.91 Å². The van der Waals surface area contributed by atoms with Gasteiger partial charge in [-0.05, 0) is 38.0 Å². The minimum absolute atomic E-state index is 0.104. The molecule has 2 fully saturated rings. The van der Waals surface area contributed by atoms with E-state index in [4.69, 9.17) is 4.74 Å². The van der Waals surface area contributed by atoms with Crippen molar-refractivity contribution < 1.29 is 14.6 Å². The Hall–Kier alpha value is -0.610. The summed E-state index contributed by atoms with van der Waals surface area (Å²) < 4.78 is 5.30. The molecule has 0 spiro atoms. The van der Waals surface area contributed by atoms with Crippen molar-refractivity contribution >= 4 is 5.91 Å². The average molecular weight is 255 g/mol. The topological polar surface area (TPSA) is 49.8 Å². The minimum Gasteiger partial charge on any atom is -0.393 e. The first-order valence-electron chi connectivity index (χ1n) is 7.27. The molecule has 3 unspecified atom stereocenters. The minimum atomic E-state index is -0.236. The molecule has 1 amide bonds. The molecule has 1 aliphatic heterocycles. The molecule has 2 rings (SSSR count). The zero-order chi connectivity index (χ0) is 13.0. The van der Waals surface area contributed by atoms with E-state index < -0.39 is 0 Å². The van der Waals surface area contributed by atoms with Crippen LogP contribution in [0.2, 0.25) is 0 Å². The Morgan fingerprint density at radius 2 is 2.28 bits per heavy atom. The van der Waals surface area contributed by atoms with E-state index in [1.165, 1.54) is 0 Å². The van der Waals surface area contributed by atoms with Gasteiger partial charge in [0.25, 0.3) is 0 Å². The quantitative estimate of drug-likeness (QED) is 0.832. The van der Waals surface area contributed by atoms with Crippen LogP contribution in [-0.4, -0.2) is 47.8 Å². The first-order chi connectivity index (χ1) is 8.72. The number of nitrogens with zero attached hydrogens (tertiary/aromatic N) is 1. The maximum absolute atomic E-state index is 12.1. The van der Waals surface area contributed by atoms with E-state index in [2.05, 4.69) is 6.92 Å². The molecule has 0 aromatic heterocycles. The Balaban J connectivity index is 2.07. The molecule has 1 saturated carbocycles. The summed E-state index contributed by atoms with van der Waals surface area (Å²) in [4.78, 5) is 14.1. The Morgan fingerprint density at radius 1 is 1.44 bits per heavy atom. The van der Waals surface area contributed by atoms with Crippen molar-refractivity contribution in [1.82, 2.24) is 4.90 Å². The molecule has 104 valence electrons. The van der Waals surface area contributed by atoms with E-state index in [-0.39, 0.29) is 24.7 Å². The van der Waals surface area contributed by atoms with Gasteiger partial charge < -0.3 is 14.7 Å². The average Bonchev–Trinajstić information content (AvgIpc) is 2.56. The number of ether oxygens (including phenoxy) is 1. The lowest BCUT2D eigenvalue weighted by atomic mass is 9.79. The van der Waals surface area contributed by atoms with Crippen LogP contribution >= 0.6 is 0 Å². The number of aliphatic hydroxyl groups excluding tert-OH is 1. The van der Waals surface area contributed by atoms with Crippen molar-refractivity contribution in [2.24, 2.45) is 5.92 Å². The highest BCUT2D eigenvalue weighted by Crippen LogP contribution is 2.32. The first kappa shape index (κ1) is 13.8. The molecule has 1 aliphatic carbocycles. The van der Waals surface area contributed by atoms with E-state index in [1.54, 1.807) is 0 Å². The van der Waals surface area contributed by atoms with E-state index in [0.717, 1.165) is 45.1 Å². The Labute approximate surface area is 109 Å². The zero-order valence-corrected chi connectivity index (χ0v) is 11.3. The molecule has 1 N–H and O–H groups in total. The smallest absolute Gasteiger partial charge is 0.248 e. The van der Waals surface area contributed by atoms with E-state index in [9.17, 15) is 9.90 Å². The molecular weight excluding hydrogens is 230 g/mol. The van der Waals surface area contributed by atoms with E-state index >= 15 is 0 Å². The van der Waals surface area contributed by atoms with Crippen LogP contribution in [0.4, 0.5) is 0 Å². The third kappa shape index (κ3) is 3.23. The maximum Gasteiger partial charge on any atom is 0.248 e. The van der Waals surface area contributed by atoms with Gasteiger partial charge in [-0.25, -0.2) is 0 Å². The second-order valence-corrected chi connectivity index (χ2v) is 5.58. The first-order valence-corrected chi connectivity index (χ1v) is 7.27. The van der Waals surface area contributed by atoms with Gasteiger partial charge in [0.05, 0.1) is 6.10 Å². The number of hydrogen-bond acceptors (Lipinski definition) is 3. The zero-order valence-electron chi connectivity index (χ0n) is 11.3. The van der Waals surface area contributed by atoms with Gasteiger partial charge in [0.15, 0.2) is 0 Å². The van der Waals surface area contributed by atoms with Crippen LogP contribution in [0.3, 0.4) is 0 Å². The molecule has 0 bridgehead atoms. The lowest BCUT2D eigenvalue weighted by molar-refractivity contribution is -0.139. The lowest BCUT2D eigenvalue weighted by Gasteiger charge is -2.41. The van der Waals surface area contributed by atoms with Gasteiger partial charge in [-0.3, -0.25) is 4.79 Å². The summed E-state index contributed by atoms with van der Waals surface area (Å²) in [5.41, 5.74) is 0. The summed E-state index contributed by atoms with van der Waals surface area (Å²) in [6.45, 7) is 3.87. The molecule has 0 radical (unpaired) electrons. The number of amides is 1. The number of carbonyl (C=O) groups excluding carboxylic acids is 1. The number of aliphatic hydroxyl groups is 1. The van der Waals surface area contributed by atoms with Crippen LogP contribution in [0.15, 0.2) is 0 Å². The van der Waals surface area contributed by atoms with Crippen molar-refractivity contribution in [3.63, 3.8) is 0 Å². The van der Waals surface area contributed by atoms with Crippen molar-refractivity contribution in [3.05, 3.63) is 0 Å². The fourth-order valence-electron chi connectivity index (χ4n) is 3.33. The van der Waals surface area contributed by atoms with Crippen molar-refractivity contribution in [2.45, 2.75) is 57.6 Å². The van der Waals surface area contributed by atoms with Crippen LogP contribution in [0.25, 0.3) is 0 Å². The summed E-state index contributed by atoms with van der Waals surface area (Å²) >= 11 is 0. The van der Waals surface area contributed by atoms with Crippen LogP contribution in [0.1, 0.15) is 45.4 Å². The SMILES string of the molecule is CCCC1CCC(O)CC1N1CCCOCC1=O. The van der Waals surface area contributed by atoms with Crippen molar-refractivity contribution in [2.75, 3.05) is 19.8 Å². The van der Waals surface area contributed by atoms with Gasteiger partial charge in [-0.1, -0.05) is 13.3 Å². The Kier molecular flexibility index (Phi) is 5.01. The monoisotopic (exact) mass is 255 g/mol. The highest BCUT2D eigenvalue weighted by Gasteiger charge is 2.35. The molecule has 18 heavy (non-hydrogen) atoms. The molecule has 3 atom stereocenters. The molecule has 2 aliphatic rings. The number of hydrogen-bond donors (Lipinski definition) is 1. The number of carbonyl (C=O) groups is 1. The summed E-state index contributed by atoms with van der Waals surface area (Å²) in [7, 11) is 0. The van der Waals surface area contributed by atoms with Gasteiger partial charge in [0, 0.05) is 19.2 Å². The molecule has 0 aromatic carbocycles. The second-order valence-electron chi connectivity index (χ2n) is 5.58. The summed E-state index contributed by atoms with van der Waals surface area (Å²) in [5, 5.41) is 9.88. The second kappa shape index (κ2) is 6.53. The maximum atomic E-state index is 12.1. The van der Waals surface area contributed by atoms with Crippen LogP contribution in [0.5, 0.6) is 0 Å². The van der Waals surface area contributed by atoms with Crippen molar-refractivity contribution in [3.8, 4) is 0 Å². The third-order valence-electron chi connectivity index (χ3n) is 4.22. The molecule has 4 nitrogen and oxygen atoms in total. The van der Waals surface area contributed by atoms with Gasteiger partial charge in [-0.2, -0.15) is 0 Å². The predicted molar refractivity (Wildman–Crippen MR) is 69.2 cm³/mol. The summed E-state index contributed by atoms with van der Waals surface area (Å²) in [6.07, 6.45) is 5.66. The van der Waals surface area contributed by atoms with Crippen LogP contribution in [-0.2, 0) is 9.53 Å². The Bertz CT molecular complexity index is 282. The normalized spacial score (nSPS) is 34.4. The standard InChI is InChI=1S/C14H25NO3/c1-2-4-11-5-6-12(16)9-13(11)15-7-3-8-18-10-14(15)17/h11-13,16H,2-10H2,1H3. The van der Waals surface area contributed by atoms with E-state index in [0.29, 0.717) is 12.5 Å².